The minimum absolute atomic E-state index is 0.337. The van der Waals surface area contributed by atoms with Crippen molar-refractivity contribution in [3.8, 4) is 0 Å². The van der Waals surface area contributed by atoms with Crippen molar-refractivity contribution >= 4 is 45.5 Å². The van der Waals surface area contributed by atoms with Gasteiger partial charge in [0.25, 0.3) is 5.82 Å². The van der Waals surface area contributed by atoms with E-state index in [1.165, 1.54) is 7.11 Å². The van der Waals surface area contributed by atoms with Gasteiger partial charge in [-0.15, -0.1) is 11.3 Å². The number of piperazine rings is 1. The largest absolute Gasteiger partial charge is 0.465 e. The number of esters is 1. The molecule has 2 N–H and O–H groups in total. The van der Waals surface area contributed by atoms with E-state index >= 15 is 0 Å². The minimum atomic E-state index is -0.337. The molecule has 0 saturated carbocycles. The summed E-state index contributed by atoms with van der Waals surface area (Å²) in [5.74, 6) is 0.778. The third kappa shape index (κ3) is 4.13. The molecule has 0 spiro atoms. The highest BCUT2D eigenvalue weighted by molar-refractivity contribution is 7.80. The molecule has 0 unspecified atom stereocenters. The molecule has 0 aliphatic carbocycles. The average molecular weight is 392 g/mol. The number of aromatic nitrogens is 1. The quantitative estimate of drug-likeness (QED) is 0.638. The Labute approximate surface area is 162 Å². The molecule has 0 atom stereocenters. The van der Waals surface area contributed by atoms with Crippen LogP contribution in [0, 0.1) is 0 Å². The first-order valence-corrected chi connectivity index (χ1v) is 9.83. The van der Waals surface area contributed by atoms with Gasteiger partial charge < -0.3 is 15.0 Å². The molecule has 0 amide bonds. The second-order valence-electron chi connectivity index (χ2n) is 5.95. The van der Waals surface area contributed by atoms with E-state index in [9.17, 15) is 4.79 Å². The Morgan fingerprint density at radius 1 is 1.35 bits per heavy atom. The second kappa shape index (κ2) is 8.46. The fourth-order valence-electron chi connectivity index (χ4n) is 2.88. The van der Waals surface area contributed by atoms with Gasteiger partial charge in [0, 0.05) is 10.9 Å². The van der Waals surface area contributed by atoms with Gasteiger partial charge in [-0.05, 0) is 30.8 Å². The standard InChI is InChI=1S/C18H22N4O2S2/c1-3-13-12-14(17(23)24-2)16(26-13)20-18(25)22-10-8-21(9-11-22)15-6-4-5-7-19-15/h4-7,12H,3,8-11H2,1-2H3,(H,20,25)/p+1. The van der Waals surface area contributed by atoms with Crippen LogP contribution in [-0.2, 0) is 11.2 Å². The van der Waals surface area contributed by atoms with Crippen LogP contribution in [0.2, 0.25) is 0 Å². The van der Waals surface area contributed by atoms with E-state index in [4.69, 9.17) is 17.0 Å². The highest BCUT2D eigenvalue weighted by atomic mass is 32.1. The zero-order valence-corrected chi connectivity index (χ0v) is 16.6. The SMILES string of the molecule is CCc1cc(C(=O)OC)c(NC(=S)N2CCN(c3cccc[nH+]3)CC2)s1. The normalized spacial score (nSPS) is 14.2. The monoisotopic (exact) mass is 391 g/mol. The van der Waals surface area contributed by atoms with Gasteiger partial charge in [-0.1, -0.05) is 13.0 Å². The Morgan fingerprint density at radius 2 is 2.12 bits per heavy atom. The van der Waals surface area contributed by atoms with Crippen molar-refractivity contribution in [2.75, 3.05) is 43.5 Å². The predicted molar refractivity (Wildman–Crippen MR) is 108 cm³/mol. The summed E-state index contributed by atoms with van der Waals surface area (Å²) in [6.07, 6.45) is 2.81. The molecule has 1 fully saturated rings. The Hall–Kier alpha value is -2.19. The van der Waals surface area contributed by atoms with Crippen LogP contribution in [0.1, 0.15) is 22.2 Å². The number of aromatic amines is 1. The number of carbonyl (C=O) groups is 1. The van der Waals surface area contributed by atoms with Crippen molar-refractivity contribution in [1.29, 1.82) is 0 Å². The fraction of sp³-hybridized carbons (Fsp3) is 0.389. The van der Waals surface area contributed by atoms with Gasteiger partial charge in [-0.2, -0.15) is 0 Å². The number of carbonyl (C=O) groups excluding carboxylic acids is 1. The molecule has 6 nitrogen and oxygen atoms in total. The Bertz CT molecular complexity index is 771. The molecule has 3 rings (SSSR count). The fourth-order valence-corrected chi connectivity index (χ4v) is 4.21. The van der Waals surface area contributed by atoms with Crippen LogP contribution in [0.25, 0.3) is 0 Å². The minimum Gasteiger partial charge on any atom is -0.465 e. The molecular formula is C18H23N4O2S2+. The van der Waals surface area contributed by atoms with Crippen LogP contribution in [0.3, 0.4) is 0 Å². The number of pyridine rings is 1. The van der Waals surface area contributed by atoms with E-state index in [2.05, 4.69) is 33.1 Å². The van der Waals surface area contributed by atoms with Crippen LogP contribution in [0.4, 0.5) is 10.8 Å². The number of H-pyrrole nitrogens is 1. The van der Waals surface area contributed by atoms with Crippen molar-refractivity contribution in [1.82, 2.24) is 4.90 Å². The van der Waals surface area contributed by atoms with Crippen molar-refractivity contribution in [3.63, 3.8) is 0 Å². The lowest BCUT2D eigenvalue weighted by atomic mass is 10.2. The van der Waals surface area contributed by atoms with Gasteiger partial charge in [-0.25, -0.2) is 9.78 Å². The van der Waals surface area contributed by atoms with Crippen LogP contribution in [-0.4, -0.2) is 49.3 Å². The first-order chi connectivity index (χ1) is 12.6. The summed E-state index contributed by atoms with van der Waals surface area (Å²) in [5.41, 5.74) is 0.550. The van der Waals surface area contributed by atoms with Gasteiger partial charge in [0.1, 0.15) is 18.1 Å². The molecule has 0 aromatic carbocycles. The summed E-state index contributed by atoms with van der Waals surface area (Å²) in [7, 11) is 1.40. The zero-order valence-electron chi connectivity index (χ0n) is 14.9. The summed E-state index contributed by atoms with van der Waals surface area (Å²) >= 11 is 7.13. The van der Waals surface area contributed by atoms with Crippen molar-refractivity contribution in [3.05, 3.63) is 40.9 Å². The highest BCUT2D eigenvalue weighted by Gasteiger charge is 2.25. The van der Waals surface area contributed by atoms with Gasteiger partial charge in [0.2, 0.25) is 0 Å². The van der Waals surface area contributed by atoms with Crippen molar-refractivity contribution < 1.29 is 14.5 Å². The molecule has 0 radical (unpaired) electrons. The third-order valence-corrected chi connectivity index (χ3v) is 5.91. The van der Waals surface area contributed by atoms with E-state index in [1.807, 2.05) is 24.4 Å². The molecule has 8 heteroatoms. The average Bonchev–Trinajstić information content (AvgIpc) is 3.11. The number of ether oxygens (including phenoxy) is 1. The molecule has 1 aliphatic heterocycles. The number of thiophene rings is 1. The molecule has 138 valence electrons. The number of methoxy groups -OCH3 is 1. The number of hydrogen-bond donors (Lipinski definition) is 1. The maximum absolute atomic E-state index is 12.0. The number of hydrogen-bond acceptors (Lipinski definition) is 5. The Morgan fingerprint density at radius 3 is 2.73 bits per heavy atom. The van der Waals surface area contributed by atoms with Crippen LogP contribution >= 0.6 is 23.6 Å². The number of nitrogens with one attached hydrogen (secondary N) is 2. The summed E-state index contributed by atoms with van der Waals surface area (Å²) in [5, 5.41) is 4.66. The molecule has 2 aromatic heterocycles. The Kier molecular flexibility index (Phi) is 6.05. The van der Waals surface area contributed by atoms with E-state index < -0.39 is 0 Å². The maximum Gasteiger partial charge on any atom is 0.340 e. The molecule has 0 bridgehead atoms. The highest BCUT2D eigenvalue weighted by Crippen LogP contribution is 2.29. The first kappa shape index (κ1) is 18.6. The predicted octanol–water partition coefficient (Wildman–Crippen LogP) is 2.43. The summed E-state index contributed by atoms with van der Waals surface area (Å²) in [6.45, 7) is 5.49. The number of nitrogens with zero attached hydrogens (tertiary/aromatic N) is 2. The topological polar surface area (TPSA) is 59.0 Å². The van der Waals surface area contributed by atoms with Crippen LogP contribution in [0.15, 0.2) is 30.5 Å². The van der Waals surface area contributed by atoms with Gasteiger partial charge in [0.15, 0.2) is 5.11 Å². The smallest absolute Gasteiger partial charge is 0.340 e. The molecule has 1 aliphatic rings. The van der Waals surface area contributed by atoms with E-state index in [0.717, 1.165) is 48.3 Å². The zero-order chi connectivity index (χ0) is 18.5. The summed E-state index contributed by atoms with van der Waals surface area (Å²) in [6, 6.07) is 7.96. The lowest BCUT2D eigenvalue weighted by molar-refractivity contribution is -0.364. The first-order valence-electron chi connectivity index (χ1n) is 8.61. The molecule has 3 heterocycles. The molecule has 1 saturated heterocycles. The second-order valence-corrected chi connectivity index (χ2v) is 7.48. The number of aryl methyl sites for hydroxylation is 1. The van der Waals surface area contributed by atoms with Gasteiger partial charge >= 0.3 is 5.97 Å². The van der Waals surface area contributed by atoms with E-state index in [0.29, 0.717) is 10.7 Å². The maximum atomic E-state index is 12.0. The van der Waals surface area contributed by atoms with Gasteiger partial charge in [-0.3, -0.25) is 4.90 Å². The molecule has 26 heavy (non-hydrogen) atoms. The lowest BCUT2D eigenvalue weighted by Gasteiger charge is -2.32. The third-order valence-electron chi connectivity index (χ3n) is 4.36. The van der Waals surface area contributed by atoms with Crippen LogP contribution in [0.5, 0.6) is 0 Å². The van der Waals surface area contributed by atoms with Crippen LogP contribution < -0.4 is 15.2 Å². The summed E-state index contributed by atoms with van der Waals surface area (Å²) < 4.78 is 4.89. The number of rotatable bonds is 4. The van der Waals surface area contributed by atoms with Gasteiger partial charge in [0.05, 0.1) is 32.0 Å². The Balaban J connectivity index is 1.63. The van der Waals surface area contributed by atoms with E-state index in [1.54, 1.807) is 11.3 Å². The molecule has 2 aromatic rings. The summed E-state index contributed by atoms with van der Waals surface area (Å²) in [4.78, 5) is 20.8. The van der Waals surface area contributed by atoms with Crippen molar-refractivity contribution in [2.24, 2.45) is 0 Å². The number of thiocarbonyl (C=S) groups is 1. The van der Waals surface area contributed by atoms with E-state index in [-0.39, 0.29) is 5.97 Å². The number of anilines is 2. The lowest BCUT2D eigenvalue weighted by Crippen LogP contribution is -2.51. The molecular weight excluding hydrogens is 368 g/mol. The van der Waals surface area contributed by atoms with Crippen molar-refractivity contribution in [2.45, 2.75) is 13.3 Å².